The van der Waals surface area contributed by atoms with E-state index in [9.17, 15) is 10.2 Å². The number of aliphatic hydroxyl groups is 2. The van der Waals surface area contributed by atoms with Crippen LogP contribution in [-0.4, -0.2) is 22.4 Å². The van der Waals surface area contributed by atoms with Crippen molar-refractivity contribution in [3.63, 3.8) is 0 Å². The molecule has 96 valence electrons. The van der Waals surface area contributed by atoms with E-state index in [2.05, 4.69) is 0 Å². The molecule has 0 aliphatic carbocycles. The van der Waals surface area contributed by atoms with Crippen molar-refractivity contribution in [1.29, 1.82) is 0 Å². The summed E-state index contributed by atoms with van der Waals surface area (Å²) in [5.74, 6) is 0. The van der Waals surface area contributed by atoms with Crippen LogP contribution in [0.5, 0.6) is 0 Å². The second kappa shape index (κ2) is 7.69. The molecule has 0 rings (SSSR count). The Labute approximate surface area is 133 Å². The van der Waals surface area contributed by atoms with Gasteiger partial charge in [0.15, 0.2) is 0 Å². The monoisotopic (exact) mass is 340 g/mol. The van der Waals surface area contributed by atoms with E-state index in [-0.39, 0.29) is 64.4 Å². The predicted molar refractivity (Wildman–Crippen MR) is 58.0 cm³/mol. The number of rotatable bonds is 2. The van der Waals surface area contributed by atoms with Gasteiger partial charge in [-0.3, -0.25) is 4.70 Å². The molecule has 0 aromatic heterocycles. The minimum absolute atomic E-state index is 0. The van der Waals surface area contributed by atoms with Crippen LogP contribution < -0.4 is 0 Å². The van der Waals surface area contributed by atoms with Crippen molar-refractivity contribution in [2.75, 3.05) is 0 Å². The molecule has 0 amide bonds. The first-order valence-electron chi connectivity index (χ1n) is 4.91. The minimum Gasteiger partial charge on any atom is -0.392 e. The van der Waals surface area contributed by atoms with Gasteiger partial charge in [0.25, 0.3) is 0 Å². The smallest absolute Gasteiger partial charge is 0.0613 e. The van der Waals surface area contributed by atoms with Crippen LogP contribution >= 0.6 is 0 Å². The molecule has 2 unspecified atom stereocenters. The van der Waals surface area contributed by atoms with Crippen LogP contribution in [0.25, 0.3) is 0 Å². The van der Waals surface area contributed by atoms with Gasteiger partial charge in [-0.15, -0.1) is 0 Å². The van der Waals surface area contributed by atoms with Crippen LogP contribution in [0.15, 0.2) is 0 Å². The van der Waals surface area contributed by atoms with Gasteiger partial charge in [-0.1, -0.05) is 41.5 Å². The van der Waals surface area contributed by atoms with E-state index in [1.54, 1.807) is 0 Å². The third-order valence-corrected chi connectivity index (χ3v) is 2.45. The third kappa shape index (κ3) is 9.15. The molecule has 2 nitrogen and oxygen atoms in total. The molecular weight excluding hydrogens is 314 g/mol. The van der Waals surface area contributed by atoms with Gasteiger partial charge in [-0.2, -0.15) is 0 Å². The Morgan fingerprint density at radius 2 is 1.00 bits per heavy atom. The molecule has 15 heavy (non-hydrogen) atoms. The van der Waals surface area contributed by atoms with Crippen LogP contribution in [0.2, 0.25) is 0 Å². The topological polar surface area (TPSA) is 40.5 Å². The predicted octanol–water partition coefficient (Wildman–Crippen LogP) is 2.34. The Kier molecular flexibility index (Phi) is 11.1. The van der Waals surface area contributed by atoms with Crippen LogP contribution in [0.3, 0.4) is 0 Å². The Bertz CT molecular complexity index is 143. The van der Waals surface area contributed by atoms with Gasteiger partial charge in [0.2, 0.25) is 0 Å². The first-order chi connectivity index (χ1) is 5.55. The van der Waals surface area contributed by atoms with Gasteiger partial charge in [0, 0.05) is 55.3 Å². The van der Waals surface area contributed by atoms with Crippen LogP contribution in [0.1, 0.15) is 48.0 Å². The summed E-state index contributed by atoms with van der Waals surface area (Å²) >= 11 is 0. The molecule has 2 atom stereocenters. The average Bonchev–Trinajstić information content (AvgIpc) is 1.82. The summed E-state index contributed by atoms with van der Waals surface area (Å²) in [4.78, 5) is 0. The van der Waals surface area contributed by atoms with E-state index in [0.29, 0.717) is 6.42 Å². The molecule has 0 bridgehead atoms. The quantitative estimate of drug-likeness (QED) is 0.811. The molecule has 4 heteroatoms. The van der Waals surface area contributed by atoms with Gasteiger partial charge in [0.05, 0.1) is 12.2 Å². The van der Waals surface area contributed by atoms with Crippen molar-refractivity contribution >= 4 is 0 Å². The Morgan fingerprint density at radius 1 is 0.800 bits per heavy atom. The fourth-order valence-electron chi connectivity index (χ4n) is 0.919. The third-order valence-electron chi connectivity index (χ3n) is 2.45. The number of hydrogen-bond acceptors (Lipinski definition) is 2. The Morgan fingerprint density at radius 3 is 1.13 bits per heavy atom. The van der Waals surface area contributed by atoms with Gasteiger partial charge < -0.3 is 10.2 Å². The molecule has 0 aromatic rings. The molecule has 2 N–H and O–H groups in total. The molecule has 0 fully saturated rings. The molecule has 0 heterocycles. The minimum atomic E-state index is -0.443. The zero-order valence-corrected chi connectivity index (χ0v) is 12.5. The van der Waals surface area contributed by atoms with E-state index in [1.807, 2.05) is 41.5 Å². The van der Waals surface area contributed by atoms with Crippen LogP contribution in [0.4, 0.5) is 4.70 Å². The summed E-state index contributed by atoms with van der Waals surface area (Å²) in [6.07, 6.45) is -0.434. The van der Waals surface area contributed by atoms with Crippen molar-refractivity contribution in [3.05, 3.63) is 0 Å². The van der Waals surface area contributed by atoms with E-state index in [1.165, 1.54) is 0 Å². The second-order valence-electron chi connectivity index (χ2n) is 6.00. The zero-order valence-electron chi connectivity index (χ0n) is 10.5. The van der Waals surface area contributed by atoms with Gasteiger partial charge >= 0.3 is 0 Å². The van der Waals surface area contributed by atoms with Gasteiger partial charge in [0.1, 0.15) is 0 Å². The van der Waals surface area contributed by atoms with E-state index >= 15 is 0 Å². The fraction of sp³-hybridized carbons (Fsp3) is 1.00. The number of hydrogen-bond donors (Lipinski definition) is 2. The maximum absolute atomic E-state index is 9.76. The summed E-state index contributed by atoms with van der Waals surface area (Å²) in [6.45, 7) is 11.9. The van der Waals surface area contributed by atoms with Crippen LogP contribution in [-0.2, 0) is 0 Å². The van der Waals surface area contributed by atoms with Crippen LogP contribution in [0, 0.1) is 59.7 Å². The Balaban J connectivity index is -0.000000720. The molecule has 0 saturated heterocycles. The molecule has 0 aliphatic heterocycles. The second-order valence-corrected chi connectivity index (χ2v) is 6.00. The average molecular weight is 340 g/mol. The maximum Gasteiger partial charge on any atom is 0.0613 e. The molecule has 0 aliphatic rings. The molecule has 0 aromatic carbocycles. The summed E-state index contributed by atoms with van der Waals surface area (Å²) in [5, 5.41) is 19.5. The van der Waals surface area contributed by atoms with Crippen molar-refractivity contribution in [2.24, 2.45) is 10.8 Å². The van der Waals surface area contributed by atoms with Crippen molar-refractivity contribution in [3.8, 4) is 0 Å². The Hall–Kier alpha value is 1.42. The molecule has 0 radical (unpaired) electrons. The first kappa shape index (κ1) is 21.7. The SMILES string of the molecule is CC(C)(C)C(O)CC(O)C(C)(C)C.F.[Xe]. The van der Waals surface area contributed by atoms with Crippen molar-refractivity contribution in [1.82, 2.24) is 0 Å². The van der Waals surface area contributed by atoms with E-state index in [4.69, 9.17) is 0 Å². The van der Waals surface area contributed by atoms with Gasteiger partial charge in [-0.05, 0) is 10.8 Å². The summed E-state index contributed by atoms with van der Waals surface area (Å²) in [7, 11) is 0. The van der Waals surface area contributed by atoms with E-state index in [0.717, 1.165) is 0 Å². The molecule has 0 spiro atoms. The molecular formula is C11H25FO2Xe. The largest absolute Gasteiger partial charge is 0.392 e. The molecule has 0 saturated carbocycles. The fourth-order valence-corrected chi connectivity index (χ4v) is 0.919. The number of halogens is 1. The van der Waals surface area contributed by atoms with Crippen molar-refractivity contribution in [2.45, 2.75) is 60.2 Å². The zero-order chi connectivity index (χ0) is 10.9. The summed E-state index contributed by atoms with van der Waals surface area (Å²) < 4.78 is 0. The first-order valence-corrected chi connectivity index (χ1v) is 4.91. The maximum atomic E-state index is 9.76. The van der Waals surface area contributed by atoms with E-state index < -0.39 is 12.2 Å². The normalized spacial score (nSPS) is 16.0. The summed E-state index contributed by atoms with van der Waals surface area (Å²) in [6, 6.07) is 0. The van der Waals surface area contributed by atoms with Crippen molar-refractivity contribution < 1.29 is 63.8 Å². The standard InChI is InChI=1S/C11H24O2.FH.Xe/c1-10(2,3)8(12)7-9(13)11(4,5)6;;/h8-9,12-13H,7H2,1-6H3;1H;. The summed E-state index contributed by atoms with van der Waals surface area (Å²) in [5.41, 5.74) is -0.293. The van der Waals surface area contributed by atoms with Gasteiger partial charge in [-0.25, -0.2) is 0 Å². The number of aliphatic hydroxyl groups excluding tert-OH is 2.